The number of fused-ring (bicyclic) bond motifs is 1. The number of aromatic nitrogens is 3. The highest BCUT2D eigenvalue weighted by molar-refractivity contribution is 7.14. The molecule has 4 rings (SSSR count). The molecule has 2 heterocycles. The van der Waals surface area contributed by atoms with Crippen molar-refractivity contribution in [2.45, 2.75) is 20.8 Å². The molecule has 2 aromatic carbocycles. The third kappa shape index (κ3) is 3.44. The molecule has 0 unspecified atom stereocenters. The Labute approximate surface area is 166 Å². The first-order valence-electron chi connectivity index (χ1n) is 8.83. The van der Waals surface area contributed by atoms with Crippen molar-refractivity contribution in [2.75, 3.05) is 4.90 Å². The highest BCUT2D eigenvalue weighted by Crippen LogP contribution is 2.30. The molecule has 0 bridgehead atoms. The van der Waals surface area contributed by atoms with Crippen LogP contribution in [-0.2, 0) is 4.79 Å². The van der Waals surface area contributed by atoms with Crippen LogP contribution in [-0.4, -0.2) is 26.8 Å². The average Bonchev–Trinajstić information content (AvgIpc) is 3.30. The molecule has 7 heteroatoms. The zero-order chi connectivity index (χ0) is 19.7. The Hall–Kier alpha value is -3.32. The zero-order valence-electron chi connectivity index (χ0n) is 15.8. The molecule has 0 saturated carbocycles. The van der Waals surface area contributed by atoms with Crippen LogP contribution in [0.1, 0.15) is 23.7 Å². The highest BCUT2D eigenvalue weighted by atomic mass is 32.1. The number of carbonyl (C=O) groups is 1. The van der Waals surface area contributed by atoms with Crippen molar-refractivity contribution in [3.8, 4) is 0 Å². The summed E-state index contributed by atoms with van der Waals surface area (Å²) in [5.74, 6) is -0.0818. The highest BCUT2D eigenvalue weighted by Gasteiger charge is 2.18. The number of amides is 1. The van der Waals surface area contributed by atoms with Crippen molar-refractivity contribution >= 4 is 45.3 Å². The van der Waals surface area contributed by atoms with Crippen molar-refractivity contribution < 1.29 is 4.79 Å². The van der Waals surface area contributed by atoms with Crippen LogP contribution in [0.3, 0.4) is 0 Å². The Bertz CT molecular complexity index is 1190. The number of hydrogen-bond donors (Lipinski definition) is 0. The summed E-state index contributed by atoms with van der Waals surface area (Å²) >= 11 is 1.41. The summed E-state index contributed by atoms with van der Waals surface area (Å²) in [5, 5.41) is 6.95. The van der Waals surface area contributed by atoms with Crippen LogP contribution < -0.4 is 4.90 Å². The maximum Gasteiger partial charge on any atom is 0.230 e. The van der Waals surface area contributed by atoms with Crippen LogP contribution in [0.2, 0.25) is 0 Å². The van der Waals surface area contributed by atoms with Gasteiger partial charge >= 0.3 is 0 Å². The van der Waals surface area contributed by atoms with Crippen LogP contribution in [0.5, 0.6) is 0 Å². The van der Waals surface area contributed by atoms with E-state index in [0.29, 0.717) is 10.8 Å². The number of aryl methyl sites for hydroxylation is 2. The lowest BCUT2D eigenvalue weighted by molar-refractivity contribution is -0.115. The van der Waals surface area contributed by atoms with Crippen LogP contribution >= 0.6 is 11.3 Å². The van der Waals surface area contributed by atoms with Gasteiger partial charge in [-0.1, -0.05) is 18.2 Å². The van der Waals surface area contributed by atoms with Gasteiger partial charge in [0.2, 0.25) is 5.91 Å². The van der Waals surface area contributed by atoms with Gasteiger partial charge in [0.1, 0.15) is 6.33 Å². The SMILES string of the molecule is CC(=O)N(c1ccc(C)c(C)c1)c1nc(/C=N\n2cnc3ccccc32)cs1. The Morgan fingerprint density at radius 1 is 1.18 bits per heavy atom. The number of nitrogens with zero attached hydrogens (tertiary/aromatic N) is 5. The van der Waals surface area contributed by atoms with E-state index in [4.69, 9.17) is 0 Å². The zero-order valence-corrected chi connectivity index (χ0v) is 16.6. The lowest BCUT2D eigenvalue weighted by Crippen LogP contribution is -2.22. The van der Waals surface area contributed by atoms with Gasteiger partial charge in [0, 0.05) is 12.3 Å². The number of rotatable bonds is 4. The van der Waals surface area contributed by atoms with E-state index in [0.717, 1.165) is 22.3 Å². The van der Waals surface area contributed by atoms with E-state index in [9.17, 15) is 4.79 Å². The molecule has 4 aromatic rings. The van der Waals surface area contributed by atoms with E-state index < -0.39 is 0 Å². The minimum atomic E-state index is -0.0818. The van der Waals surface area contributed by atoms with Crippen molar-refractivity contribution in [2.24, 2.45) is 5.10 Å². The second-order valence-corrected chi connectivity index (χ2v) is 7.34. The van der Waals surface area contributed by atoms with Gasteiger partial charge in [-0.05, 0) is 49.2 Å². The molecule has 0 aliphatic heterocycles. The number of thiazole rings is 1. The van der Waals surface area contributed by atoms with E-state index in [1.54, 1.807) is 29.0 Å². The maximum absolute atomic E-state index is 12.3. The number of benzene rings is 2. The summed E-state index contributed by atoms with van der Waals surface area (Å²) in [4.78, 5) is 22.8. The van der Waals surface area contributed by atoms with Gasteiger partial charge in [0.15, 0.2) is 5.13 Å². The number of para-hydroxylation sites is 2. The van der Waals surface area contributed by atoms with Gasteiger partial charge < -0.3 is 0 Å². The standard InChI is InChI=1S/C21H19N5OS/c1-14-8-9-18(10-15(14)2)26(16(3)27)21-24-17(12-28-21)11-23-25-13-22-19-6-4-5-7-20(19)25/h4-13H,1-3H3/b23-11-. The molecule has 0 aliphatic rings. The molecule has 6 nitrogen and oxygen atoms in total. The molecular formula is C21H19N5OS. The Morgan fingerprint density at radius 2 is 2.00 bits per heavy atom. The largest absolute Gasteiger partial charge is 0.274 e. The first-order chi connectivity index (χ1) is 13.5. The summed E-state index contributed by atoms with van der Waals surface area (Å²) in [5.41, 5.74) is 5.63. The number of hydrogen-bond acceptors (Lipinski definition) is 5. The van der Waals surface area contributed by atoms with Gasteiger partial charge in [0.05, 0.1) is 28.6 Å². The lowest BCUT2D eigenvalue weighted by Gasteiger charge is -2.19. The van der Waals surface area contributed by atoms with Gasteiger partial charge in [-0.25, -0.2) is 14.6 Å². The second-order valence-electron chi connectivity index (χ2n) is 6.50. The molecule has 28 heavy (non-hydrogen) atoms. The predicted molar refractivity (Wildman–Crippen MR) is 114 cm³/mol. The molecule has 0 aliphatic carbocycles. The molecule has 0 atom stereocenters. The van der Waals surface area contributed by atoms with Gasteiger partial charge in [-0.2, -0.15) is 5.10 Å². The van der Waals surface area contributed by atoms with Crippen LogP contribution in [0.15, 0.2) is 59.3 Å². The molecule has 0 saturated heterocycles. The fraction of sp³-hybridized carbons (Fsp3) is 0.143. The number of imidazole rings is 1. The minimum Gasteiger partial charge on any atom is -0.274 e. The Morgan fingerprint density at radius 3 is 2.79 bits per heavy atom. The Kier molecular flexibility index (Phi) is 4.75. The first kappa shape index (κ1) is 18.1. The monoisotopic (exact) mass is 389 g/mol. The lowest BCUT2D eigenvalue weighted by atomic mass is 10.1. The topological polar surface area (TPSA) is 63.4 Å². The molecule has 0 N–H and O–H groups in total. The third-order valence-electron chi connectivity index (χ3n) is 4.51. The molecule has 0 radical (unpaired) electrons. The van der Waals surface area contributed by atoms with Crippen molar-refractivity contribution in [1.82, 2.24) is 14.6 Å². The average molecular weight is 389 g/mol. The van der Waals surface area contributed by atoms with E-state index in [2.05, 4.69) is 22.0 Å². The van der Waals surface area contributed by atoms with Crippen LogP contribution in [0.4, 0.5) is 10.8 Å². The fourth-order valence-electron chi connectivity index (χ4n) is 2.89. The third-order valence-corrected chi connectivity index (χ3v) is 5.36. The van der Waals surface area contributed by atoms with Gasteiger partial charge in [-0.15, -0.1) is 11.3 Å². The summed E-state index contributed by atoms with van der Waals surface area (Å²) in [7, 11) is 0. The molecule has 1 amide bonds. The molecule has 0 spiro atoms. The molecule has 0 fully saturated rings. The smallest absolute Gasteiger partial charge is 0.230 e. The summed E-state index contributed by atoms with van der Waals surface area (Å²) in [6.07, 6.45) is 3.35. The number of carbonyl (C=O) groups excluding carboxylic acids is 1. The van der Waals surface area contributed by atoms with Crippen LogP contribution in [0.25, 0.3) is 11.0 Å². The summed E-state index contributed by atoms with van der Waals surface area (Å²) in [6.45, 7) is 5.63. The van der Waals surface area contributed by atoms with Gasteiger partial charge in [0.25, 0.3) is 0 Å². The van der Waals surface area contributed by atoms with E-state index in [1.165, 1.54) is 16.9 Å². The fourth-order valence-corrected chi connectivity index (χ4v) is 3.73. The maximum atomic E-state index is 12.3. The summed E-state index contributed by atoms with van der Waals surface area (Å²) < 4.78 is 1.71. The van der Waals surface area contributed by atoms with Crippen molar-refractivity contribution in [3.05, 3.63) is 71.0 Å². The first-order valence-corrected chi connectivity index (χ1v) is 9.71. The van der Waals surface area contributed by atoms with Crippen LogP contribution in [0, 0.1) is 13.8 Å². The second kappa shape index (κ2) is 7.36. The van der Waals surface area contributed by atoms with E-state index in [1.807, 2.05) is 54.8 Å². The predicted octanol–water partition coefficient (Wildman–Crippen LogP) is 4.68. The number of anilines is 2. The molecular weight excluding hydrogens is 370 g/mol. The quantitative estimate of drug-likeness (QED) is 0.476. The normalized spacial score (nSPS) is 11.4. The van der Waals surface area contributed by atoms with Crippen molar-refractivity contribution in [1.29, 1.82) is 0 Å². The van der Waals surface area contributed by atoms with Gasteiger partial charge in [-0.3, -0.25) is 9.69 Å². The molecule has 2 aromatic heterocycles. The Balaban J connectivity index is 1.63. The van der Waals surface area contributed by atoms with Crippen molar-refractivity contribution in [3.63, 3.8) is 0 Å². The van der Waals surface area contributed by atoms with E-state index >= 15 is 0 Å². The van der Waals surface area contributed by atoms with E-state index in [-0.39, 0.29) is 5.91 Å². The summed E-state index contributed by atoms with van der Waals surface area (Å²) in [6, 6.07) is 13.8. The molecule has 140 valence electrons. The minimum absolute atomic E-state index is 0.0818.